The van der Waals surface area contributed by atoms with Gasteiger partial charge >= 0.3 is 0 Å². The van der Waals surface area contributed by atoms with Gasteiger partial charge in [-0.2, -0.15) is 4.31 Å². The molecule has 25 heavy (non-hydrogen) atoms. The van der Waals surface area contributed by atoms with E-state index < -0.39 is 10.0 Å². The summed E-state index contributed by atoms with van der Waals surface area (Å²) in [5, 5.41) is 2.96. The third-order valence-corrected chi connectivity index (χ3v) is 7.59. The van der Waals surface area contributed by atoms with Crippen LogP contribution in [0.1, 0.15) is 31.6 Å². The molecular weight excluding hydrogens is 358 g/mol. The molecule has 0 aromatic carbocycles. The van der Waals surface area contributed by atoms with Crippen molar-refractivity contribution in [3.05, 3.63) is 17.0 Å². The van der Waals surface area contributed by atoms with E-state index >= 15 is 0 Å². The molecule has 0 spiro atoms. The van der Waals surface area contributed by atoms with Gasteiger partial charge in [-0.15, -0.1) is 11.3 Å². The molecule has 0 unspecified atom stereocenters. The average Bonchev–Trinajstić information content (AvgIpc) is 3.15. The number of amides is 1. The van der Waals surface area contributed by atoms with E-state index in [1.807, 2.05) is 14.1 Å². The number of thiophene rings is 1. The highest BCUT2D eigenvalue weighted by Gasteiger charge is 2.28. The van der Waals surface area contributed by atoms with Gasteiger partial charge in [0, 0.05) is 31.1 Å². The molecule has 142 valence electrons. The number of rotatable bonds is 8. The Hall–Kier alpha value is -0.960. The molecule has 1 N–H and O–H groups in total. The topological polar surface area (TPSA) is 69.7 Å². The summed E-state index contributed by atoms with van der Waals surface area (Å²) in [6.07, 6.45) is 2.06. The van der Waals surface area contributed by atoms with E-state index in [2.05, 4.69) is 24.1 Å². The van der Waals surface area contributed by atoms with Crippen molar-refractivity contribution >= 4 is 27.3 Å². The maximum absolute atomic E-state index is 12.5. The van der Waals surface area contributed by atoms with Gasteiger partial charge in [0.05, 0.1) is 6.42 Å². The summed E-state index contributed by atoms with van der Waals surface area (Å²) in [5.74, 6) is -0.0706. The maximum atomic E-state index is 12.5. The smallest absolute Gasteiger partial charge is 0.252 e. The zero-order valence-electron chi connectivity index (χ0n) is 15.5. The van der Waals surface area contributed by atoms with Crippen LogP contribution >= 0.6 is 11.3 Å². The molecular formula is C17H29N3O3S2. The van der Waals surface area contributed by atoms with Crippen LogP contribution in [0.25, 0.3) is 0 Å². The summed E-state index contributed by atoms with van der Waals surface area (Å²) >= 11 is 1.20. The van der Waals surface area contributed by atoms with Crippen LogP contribution in [-0.4, -0.2) is 63.8 Å². The Labute approximate surface area is 155 Å². The number of sulfonamides is 1. The standard InChI is InChI=1S/C17H29N3O3S2/c1-17(2,13-19(3)4)12-18-15(21)11-14-7-8-16(24-14)25(22,23)20-9-5-6-10-20/h7-8H,5-6,9-13H2,1-4H3,(H,18,21). The summed E-state index contributed by atoms with van der Waals surface area (Å²) < 4.78 is 26.9. The fourth-order valence-corrected chi connectivity index (χ4v) is 6.14. The Balaban J connectivity index is 1.91. The lowest BCUT2D eigenvalue weighted by Gasteiger charge is -2.28. The minimum Gasteiger partial charge on any atom is -0.355 e. The molecule has 6 nitrogen and oxygen atoms in total. The second-order valence-electron chi connectivity index (χ2n) is 7.69. The van der Waals surface area contributed by atoms with Gasteiger partial charge in [0.1, 0.15) is 4.21 Å². The van der Waals surface area contributed by atoms with Gasteiger partial charge in [-0.25, -0.2) is 8.42 Å². The lowest BCUT2D eigenvalue weighted by molar-refractivity contribution is -0.120. The minimum absolute atomic E-state index is 0.0150. The van der Waals surface area contributed by atoms with Crippen LogP contribution in [0.3, 0.4) is 0 Å². The lowest BCUT2D eigenvalue weighted by atomic mass is 9.93. The summed E-state index contributed by atoms with van der Waals surface area (Å²) in [6, 6.07) is 3.37. The molecule has 0 atom stereocenters. The highest BCUT2D eigenvalue weighted by Crippen LogP contribution is 2.27. The number of nitrogens with zero attached hydrogens (tertiary/aromatic N) is 2. The predicted octanol–water partition coefficient (Wildman–Crippen LogP) is 1.78. The van der Waals surface area contributed by atoms with Crippen molar-refractivity contribution in [3.8, 4) is 0 Å². The van der Waals surface area contributed by atoms with E-state index in [-0.39, 0.29) is 17.7 Å². The van der Waals surface area contributed by atoms with Crippen LogP contribution in [0.2, 0.25) is 0 Å². The molecule has 8 heteroatoms. The van der Waals surface area contributed by atoms with Crippen molar-refractivity contribution < 1.29 is 13.2 Å². The quantitative estimate of drug-likeness (QED) is 0.738. The van der Waals surface area contributed by atoms with Gasteiger partial charge in [-0.1, -0.05) is 13.8 Å². The highest BCUT2D eigenvalue weighted by atomic mass is 32.2. The summed E-state index contributed by atoms with van der Waals surface area (Å²) in [6.45, 7) is 6.88. The lowest BCUT2D eigenvalue weighted by Crippen LogP contribution is -2.40. The van der Waals surface area contributed by atoms with Crippen molar-refractivity contribution in [2.24, 2.45) is 5.41 Å². The highest BCUT2D eigenvalue weighted by molar-refractivity contribution is 7.91. The van der Waals surface area contributed by atoms with Crippen molar-refractivity contribution in [2.45, 2.75) is 37.3 Å². The molecule has 1 saturated heterocycles. The van der Waals surface area contributed by atoms with Gasteiger partial charge in [0.25, 0.3) is 10.0 Å². The third-order valence-electron chi connectivity index (χ3n) is 4.14. The van der Waals surface area contributed by atoms with E-state index in [0.717, 1.165) is 24.3 Å². The summed E-state index contributed by atoms with van der Waals surface area (Å²) in [4.78, 5) is 15.1. The zero-order valence-corrected chi connectivity index (χ0v) is 17.2. The normalized spacial score (nSPS) is 16.5. The van der Waals surface area contributed by atoms with Crippen LogP contribution < -0.4 is 5.32 Å². The van der Waals surface area contributed by atoms with Crippen LogP contribution in [-0.2, 0) is 21.2 Å². The largest absolute Gasteiger partial charge is 0.355 e. The summed E-state index contributed by atoms with van der Waals surface area (Å²) in [7, 11) is 0.635. The first-order valence-corrected chi connectivity index (χ1v) is 10.9. The van der Waals surface area contributed by atoms with Crippen LogP contribution in [0.5, 0.6) is 0 Å². The molecule has 1 aliphatic heterocycles. The molecule has 2 heterocycles. The third kappa shape index (κ3) is 5.77. The van der Waals surface area contributed by atoms with Crippen molar-refractivity contribution in [3.63, 3.8) is 0 Å². The average molecular weight is 388 g/mol. The summed E-state index contributed by atoms with van der Waals surface area (Å²) in [5.41, 5.74) is -0.0150. The molecule has 1 aromatic heterocycles. The molecule has 0 bridgehead atoms. The molecule has 1 amide bonds. The molecule has 0 aliphatic carbocycles. The van der Waals surface area contributed by atoms with Crippen LogP contribution in [0, 0.1) is 5.41 Å². The Morgan fingerprint density at radius 3 is 2.52 bits per heavy atom. The molecule has 1 aromatic rings. The number of hydrogen-bond donors (Lipinski definition) is 1. The molecule has 0 radical (unpaired) electrons. The Morgan fingerprint density at radius 1 is 1.28 bits per heavy atom. The van der Waals surface area contributed by atoms with Gasteiger partial charge in [-0.05, 0) is 44.5 Å². The first kappa shape index (κ1) is 20.4. The second kappa shape index (κ2) is 8.16. The first-order chi connectivity index (χ1) is 11.6. The van der Waals surface area contributed by atoms with E-state index in [1.165, 1.54) is 15.6 Å². The number of nitrogens with one attached hydrogen (secondary N) is 1. The van der Waals surface area contributed by atoms with E-state index in [1.54, 1.807) is 12.1 Å². The minimum atomic E-state index is -3.39. The van der Waals surface area contributed by atoms with E-state index in [0.29, 0.717) is 23.8 Å². The molecule has 1 aliphatic rings. The van der Waals surface area contributed by atoms with Crippen molar-refractivity contribution in [1.82, 2.24) is 14.5 Å². The van der Waals surface area contributed by atoms with E-state index in [4.69, 9.17) is 0 Å². The molecule has 1 fully saturated rings. The number of carbonyl (C=O) groups is 1. The molecule has 0 saturated carbocycles. The fraction of sp³-hybridized carbons (Fsp3) is 0.706. The van der Waals surface area contributed by atoms with Crippen LogP contribution in [0.4, 0.5) is 0 Å². The van der Waals surface area contributed by atoms with Crippen LogP contribution in [0.15, 0.2) is 16.3 Å². The second-order valence-corrected chi connectivity index (χ2v) is 11.0. The Morgan fingerprint density at radius 2 is 1.92 bits per heavy atom. The SMILES string of the molecule is CN(C)CC(C)(C)CNC(=O)Cc1ccc(S(=O)(=O)N2CCCC2)s1. The Kier molecular flexibility index (Phi) is 6.64. The fourth-order valence-electron chi connectivity index (χ4n) is 3.12. The number of carbonyl (C=O) groups excluding carboxylic acids is 1. The van der Waals surface area contributed by atoms with Gasteiger partial charge < -0.3 is 10.2 Å². The predicted molar refractivity (Wildman–Crippen MR) is 101 cm³/mol. The van der Waals surface area contributed by atoms with Gasteiger partial charge in [0.15, 0.2) is 0 Å². The Bertz CT molecular complexity index is 690. The molecule has 2 rings (SSSR count). The number of hydrogen-bond acceptors (Lipinski definition) is 5. The van der Waals surface area contributed by atoms with Gasteiger partial charge in [-0.3, -0.25) is 4.79 Å². The van der Waals surface area contributed by atoms with Crippen molar-refractivity contribution in [2.75, 3.05) is 40.3 Å². The maximum Gasteiger partial charge on any atom is 0.252 e. The zero-order chi connectivity index (χ0) is 18.7. The monoisotopic (exact) mass is 387 g/mol. The first-order valence-electron chi connectivity index (χ1n) is 8.60. The van der Waals surface area contributed by atoms with Crippen molar-refractivity contribution in [1.29, 1.82) is 0 Å². The van der Waals surface area contributed by atoms with Gasteiger partial charge in [0.2, 0.25) is 5.91 Å². The van der Waals surface area contributed by atoms with E-state index in [9.17, 15) is 13.2 Å².